The van der Waals surface area contributed by atoms with Crippen LogP contribution in [0.5, 0.6) is 0 Å². The fourth-order valence-electron chi connectivity index (χ4n) is 1.87. The third-order valence-electron chi connectivity index (χ3n) is 2.90. The minimum atomic E-state index is -3.95. The molecule has 0 aliphatic carbocycles. The quantitative estimate of drug-likeness (QED) is 0.910. The van der Waals surface area contributed by atoms with E-state index < -0.39 is 21.8 Å². The molecule has 1 heterocycles. The second kappa shape index (κ2) is 6.10. The number of nitrogens with zero attached hydrogens (tertiary/aromatic N) is 2. The Hall–Kier alpha value is -2.48. The van der Waals surface area contributed by atoms with Crippen LogP contribution in [0.2, 0.25) is 0 Å². The summed E-state index contributed by atoms with van der Waals surface area (Å²) in [5.74, 6) is -1.81. The summed E-state index contributed by atoms with van der Waals surface area (Å²) in [6.45, 7) is 1.64. The van der Waals surface area contributed by atoms with Gasteiger partial charge in [-0.3, -0.25) is 4.31 Å². The molecule has 0 amide bonds. The highest BCUT2D eigenvalue weighted by molar-refractivity contribution is 7.92. The highest BCUT2D eigenvalue weighted by Crippen LogP contribution is 2.22. The number of sulfonamides is 1. The van der Waals surface area contributed by atoms with E-state index in [1.54, 1.807) is 6.92 Å². The van der Waals surface area contributed by atoms with Gasteiger partial charge in [0.15, 0.2) is 5.69 Å². The van der Waals surface area contributed by atoms with Crippen molar-refractivity contribution in [2.75, 3.05) is 10.8 Å². The van der Waals surface area contributed by atoms with Gasteiger partial charge in [0.25, 0.3) is 10.0 Å². The number of hydrogen-bond donors (Lipinski definition) is 1. The van der Waals surface area contributed by atoms with Gasteiger partial charge in [-0.25, -0.2) is 22.6 Å². The van der Waals surface area contributed by atoms with Gasteiger partial charge in [0, 0.05) is 6.54 Å². The molecule has 0 aliphatic heterocycles. The van der Waals surface area contributed by atoms with Crippen molar-refractivity contribution in [1.82, 2.24) is 4.98 Å². The van der Waals surface area contributed by atoms with Crippen LogP contribution in [0.1, 0.15) is 17.4 Å². The van der Waals surface area contributed by atoms with E-state index in [4.69, 9.17) is 5.11 Å². The third kappa shape index (κ3) is 3.06. The first kappa shape index (κ1) is 15.9. The minimum absolute atomic E-state index is 0.00766. The van der Waals surface area contributed by atoms with Crippen LogP contribution in [0.25, 0.3) is 0 Å². The maximum atomic E-state index is 12.9. The van der Waals surface area contributed by atoms with Crippen LogP contribution in [0.4, 0.5) is 10.2 Å². The summed E-state index contributed by atoms with van der Waals surface area (Å²) < 4.78 is 39.0. The lowest BCUT2D eigenvalue weighted by molar-refractivity contribution is 0.0690. The van der Waals surface area contributed by atoms with Crippen LogP contribution < -0.4 is 4.31 Å². The molecule has 0 atom stereocenters. The number of aromatic carboxylic acids is 1. The standard InChI is InChI=1S/C14H13FN2O4S/c1-2-17(13-5-3-4-12(16-13)14(18)19)22(20,21)11-8-6-10(15)7-9-11/h3-9H,2H2,1H3,(H,18,19). The van der Waals surface area contributed by atoms with E-state index in [-0.39, 0.29) is 23.0 Å². The van der Waals surface area contributed by atoms with Gasteiger partial charge >= 0.3 is 5.97 Å². The second-order valence-corrected chi connectivity index (χ2v) is 6.17. The Balaban J connectivity index is 2.49. The molecule has 0 aliphatic rings. The lowest BCUT2D eigenvalue weighted by Crippen LogP contribution is -2.31. The largest absolute Gasteiger partial charge is 0.477 e. The zero-order chi connectivity index (χ0) is 16.3. The van der Waals surface area contributed by atoms with Crippen molar-refractivity contribution in [2.45, 2.75) is 11.8 Å². The molecule has 1 aromatic carbocycles. The van der Waals surface area contributed by atoms with Gasteiger partial charge in [-0.15, -0.1) is 0 Å². The maximum absolute atomic E-state index is 12.9. The van der Waals surface area contributed by atoms with E-state index in [1.165, 1.54) is 18.2 Å². The predicted molar refractivity (Wildman–Crippen MR) is 77.8 cm³/mol. The van der Waals surface area contributed by atoms with Crippen molar-refractivity contribution < 1.29 is 22.7 Å². The molecule has 1 aromatic heterocycles. The average Bonchev–Trinajstić information content (AvgIpc) is 2.48. The molecule has 2 aromatic rings. The number of halogens is 1. The molecule has 8 heteroatoms. The number of carbonyl (C=O) groups is 1. The fraction of sp³-hybridized carbons (Fsp3) is 0.143. The summed E-state index contributed by atoms with van der Waals surface area (Å²) in [5.41, 5.74) is -0.259. The molecule has 0 saturated carbocycles. The molecule has 22 heavy (non-hydrogen) atoms. The van der Waals surface area contributed by atoms with Crippen molar-refractivity contribution in [3.63, 3.8) is 0 Å². The van der Waals surface area contributed by atoms with Gasteiger partial charge in [0.1, 0.15) is 11.6 Å². The predicted octanol–water partition coefficient (Wildman–Crippen LogP) is 2.13. The Morgan fingerprint density at radius 3 is 2.41 bits per heavy atom. The first-order chi connectivity index (χ1) is 10.4. The zero-order valence-corrected chi connectivity index (χ0v) is 12.4. The number of carboxylic acids is 1. The maximum Gasteiger partial charge on any atom is 0.354 e. The number of aromatic nitrogens is 1. The first-order valence-corrected chi connectivity index (χ1v) is 7.79. The monoisotopic (exact) mass is 324 g/mol. The van der Waals surface area contributed by atoms with Crippen molar-refractivity contribution in [3.8, 4) is 0 Å². The van der Waals surface area contributed by atoms with Crippen molar-refractivity contribution in [3.05, 3.63) is 54.0 Å². The van der Waals surface area contributed by atoms with E-state index in [9.17, 15) is 17.6 Å². The van der Waals surface area contributed by atoms with E-state index in [0.717, 1.165) is 28.6 Å². The van der Waals surface area contributed by atoms with Crippen LogP contribution in [0.3, 0.4) is 0 Å². The summed E-state index contributed by atoms with van der Waals surface area (Å²) in [5, 5.41) is 8.94. The smallest absolute Gasteiger partial charge is 0.354 e. The fourth-order valence-corrected chi connectivity index (χ4v) is 3.29. The molecule has 0 fully saturated rings. The molecular weight excluding hydrogens is 311 g/mol. The second-order valence-electron chi connectivity index (χ2n) is 4.31. The van der Waals surface area contributed by atoms with E-state index in [1.807, 2.05) is 0 Å². The third-order valence-corrected chi connectivity index (χ3v) is 4.79. The van der Waals surface area contributed by atoms with Crippen LogP contribution in [-0.4, -0.2) is 31.0 Å². The summed E-state index contributed by atoms with van der Waals surface area (Å²) >= 11 is 0. The molecule has 0 unspecified atom stereocenters. The molecule has 116 valence electrons. The summed E-state index contributed by atoms with van der Waals surface area (Å²) in [4.78, 5) is 14.7. The lowest BCUT2D eigenvalue weighted by atomic mass is 10.3. The molecular formula is C14H13FN2O4S. The van der Waals surface area contributed by atoms with Crippen LogP contribution in [0.15, 0.2) is 47.4 Å². The number of pyridine rings is 1. The number of hydrogen-bond acceptors (Lipinski definition) is 4. The van der Waals surface area contributed by atoms with Crippen LogP contribution in [0, 0.1) is 5.82 Å². The normalized spacial score (nSPS) is 11.2. The van der Waals surface area contributed by atoms with Crippen LogP contribution >= 0.6 is 0 Å². The highest BCUT2D eigenvalue weighted by Gasteiger charge is 2.25. The van der Waals surface area contributed by atoms with Gasteiger partial charge in [-0.05, 0) is 43.3 Å². The molecule has 0 saturated heterocycles. The number of rotatable bonds is 5. The van der Waals surface area contributed by atoms with Crippen molar-refractivity contribution >= 4 is 21.8 Å². The van der Waals surface area contributed by atoms with Gasteiger partial charge in [0.05, 0.1) is 4.90 Å². The molecule has 0 spiro atoms. The average molecular weight is 324 g/mol. The number of carboxylic acid groups (broad SMARTS) is 1. The van der Waals surface area contributed by atoms with E-state index in [2.05, 4.69) is 4.98 Å². The SMILES string of the molecule is CCN(c1cccc(C(=O)O)n1)S(=O)(=O)c1ccc(F)cc1. The van der Waals surface area contributed by atoms with Gasteiger partial charge < -0.3 is 5.11 Å². The van der Waals surface area contributed by atoms with E-state index >= 15 is 0 Å². The van der Waals surface area contributed by atoms with Gasteiger partial charge in [-0.2, -0.15) is 0 Å². The molecule has 0 bridgehead atoms. The molecule has 2 rings (SSSR count). The summed E-state index contributed by atoms with van der Waals surface area (Å²) in [7, 11) is -3.95. The Kier molecular flexibility index (Phi) is 4.41. The van der Waals surface area contributed by atoms with Gasteiger partial charge in [0.2, 0.25) is 0 Å². The van der Waals surface area contributed by atoms with Crippen molar-refractivity contribution in [1.29, 1.82) is 0 Å². The topological polar surface area (TPSA) is 87.6 Å². The first-order valence-electron chi connectivity index (χ1n) is 6.35. The summed E-state index contributed by atoms with van der Waals surface area (Å²) in [6.07, 6.45) is 0. The van der Waals surface area contributed by atoms with Crippen LogP contribution in [-0.2, 0) is 10.0 Å². The summed E-state index contributed by atoms with van der Waals surface area (Å²) in [6, 6.07) is 8.46. The Bertz CT molecular complexity index is 791. The van der Waals surface area contributed by atoms with Crippen molar-refractivity contribution in [2.24, 2.45) is 0 Å². The Morgan fingerprint density at radius 1 is 1.23 bits per heavy atom. The zero-order valence-electron chi connectivity index (χ0n) is 11.6. The molecule has 0 radical (unpaired) electrons. The highest BCUT2D eigenvalue weighted by atomic mass is 32.2. The number of anilines is 1. The molecule has 6 nitrogen and oxygen atoms in total. The lowest BCUT2D eigenvalue weighted by Gasteiger charge is -2.22. The number of benzene rings is 1. The Morgan fingerprint density at radius 2 is 1.86 bits per heavy atom. The minimum Gasteiger partial charge on any atom is -0.477 e. The molecule has 1 N–H and O–H groups in total. The Labute approximate surface area is 126 Å². The van der Waals surface area contributed by atoms with E-state index in [0.29, 0.717) is 0 Å². The van der Waals surface area contributed by atoms with Gasteiger partial charge in [-0.1, -0.05) is 6.07 Å².